The molecule has 2 aromatic rings. The molecule has 2 aromatic carbocycles. The summed E-state index contributed by atoms with van der Waals surface area (Å²) in [7, 11) is 0. The van der Waals surface area contributed by atoms with Crippen molar-refractivity contribution in [1.82, 2.24) is 0 Å². The molecule has 1 unspecified atom stereocenters. The van der Waals surface area contributed by atoms with Gasteiger partial charge >= 0.3 is 0 Å². The number of benzene rings is 2. The lowest BCUT2D eigenvalue weighted by molar-refractivity contribution is 0.623. The van der Waals surface area contributed by atoms with Crippen LogP contribution in [0.5, 0.6) is 0 Å². The SMILES string of the molecule is Cc1cc(F)cc(C(Br)Cc2cccc(Br)c2)c1. The zero-order valence-corrected chi connectivity index (χ0v) is 13.1. The van der Waals surface area contributed by atoms with E-state index in [2.05, 4.69) is 44.0 Å². The van der Waals surface area contributed by atoms with Gasteiger partial charge in [-0.25, -0.2) is 4.39 Å². The van der Waals surface area contributed by atoms with E-state index in [1.54, 1.807) is 12.1 Å². The summed E-state index contributed by atoms with van der Waals surface area (Å²) < 4.78 is 14.4. The van der Waals surface area contributed by atoms with Gasteiger partial charge in [0.2, 0.25) is 0 Å². The van der Waals surface area contributed by atoms with Crippen LogP contribution >= 0.6 is 31.9 Å². The standard InChI is InChI=1S/C15H13Br2F/c1-10-5-12(9-14(18)6-10)15(17)8-11-3-2-4-13(16)7-11/h2-7,9,15H,8H2,1H3. The Bertz CT molecular complexity index is 532. The first kappa shape index (κ1) is 13.8. The van der Waals surface area contributed by atoms with Crippen molar-refractivity contribution < 1.29 is 4.39 Å². The summed E-state index contributed by atoms with van der Waals surface area (Å²) >= 11 is 7.09. The third-order valence-electron chi connectivity index (χ3n) is 2.73. The Morgan fingerprint density at radius 2 is 1.94 bits per heavy atom. The van der Waals surface area contributed by atoms with Crippen molar-refractivity contribution in [2.24, 2.45) is 0 Å². The topological polar surface area (TPSA) is 0 Å². The van der Waals surface area contributed by atoms with E-state index in [1.807, 2.05) is 25.1 Å². The number of aryl methyl sites for hydroxylation is 1. The van der Waals surface area contributed by atoms with Crippen LogP contribution in [0.3, 0.4) is 0 Å². The van der Waals surface area contributed by atoms with E-state index < -0.39 is 0 Å². The number of halogens is 3. The van der Waals surface area contributed by atoms with Crippen molar-refractivity contribution in [1.29, 1.82) is 0 Å². The lowest BCUT2D eigenvalue weighted by Crippen LogP contribution is -1.97. The zero-order valence-electron chi connectivity index (χ0n) is 9.96. The van der Waals surface area contributed by atoms with E-state index in [-0.39, 0.29) is 10.6 Å². The molecule has 0 spiro atoms. The lowest BCUT2D eigenvalue weighted by atomic mass is 10.0. The summed E-state index contributed by atoms with van der Waals surface area (Å²) in [6.45, 7) is 1.91. The predicted octanol–water partition coefficient (Wildman–Crippen LogP) is 5.58. The van der Waals surface area contributed by atoms with Crippen LogP contribution in [0.2, 0.25) is 0 Å². The van der Waals surface area contributed by atoms with Crippen LogP contribution in [-0.2, 0) is 6.42 Å². The highest BCUT2D eigenvalue weighted by Gasteiger charge is 2.10. The molecule has 1 atom stereocenters. The summed E-state index contributed by atoms with van der Waals surface area (Å²) in [5.74, 6) is -0.177. The Kier molecular flexibility index (Phi) is 4.57. The zero-order chi connectivity index (χ0) is 13.1. The second-order valence-electron chi connectivity index (χ2n) is 4.36. The predicted molar refractivity (Wildman–Crippen MR) is 80.7 cm³/mol. The summed E-state index contributed by atoms with van der Waals surface area (Å²) in [5, 5.41) is 0. The highest BCUT2D eigenvalue weighted by molar-refractivity contribution is 9.10. The summed E-state index contributed by atoms with van der Waals surface area (Å²) in [5.41, 5.74) is 3.14. The average molecular weight is 372 g/mol. The van der Waals surface area contributed by atoms with Gasteiger partial charge in [0.25, 0.3) is 0 Å². The Morgan fingerprint density at radius 3 is 2.61 bits per heavy atom. The van der Waals surface area contributed by atoms with Crippen LogP contribution in [0.1, 0.15) is 21.5 Å². The molecule has 94 valence electrons. The third-order valence-corrected chi connectivity index (χ3v) is 4.08. The first-order valence-electron chi connectivity index (χ1n) is 5.70. The third kappa shape index (κ3) is 3.66. The second-order valence-corrected chi connectivity index (χ2v) is 6.38. The molecule has 0 aromatic heterocycles. The van der Waals surface area contributed by atoms with Crippen LogP contribution < -0.4 is 0 Å². The molecule has 0 fully saturated rings. The van der Waals surface area contributed by atoms with Crippen molar-refractivity contribution in [3.63, 3.8) is 0 Å². The normalized spacial score (nSPS) is 12.4. The van der Waals surface area contributed by atoms with Crippen LogP contribution in [0.4, 0.5) is 4.39 Å². The quantitative estimate of drug-likeness (QED) is 0.618. The maximum absolute atomic E-state index is 13.4. The molecule has 3 heteroatoms. The fraction of sp³-hybridized carbons (Fsp3) is 0.200. The number of rotatable bonds is 3. The van der Waals surface area contributed by atoms with E-state index in [9.17, 15) is 4.39 Å². The lowest BCUT2D eigenvalue weighted by Gasteiger charge is -2.11. The molecular weight excluding hydrogens is 359 g/mol. The highest BCUT2D eigenvalue weighted by atomic mass is 79.9. The molecule has 0 aliphatic rings. The Labute approximate surface area is 123 Å². The molecular formula is C15H13Br2F. The van der Waals surface area contributed by atoms with Gasteiger partial charge in [-0.3, -0.25) is 0 Å². The van der Waals surface area contributed by atoms with E-state index in [4.69, 9.17) is 0 Å². The number of alkyl halides is 1. The highest BCUT2D eigenvalue weighted by Crippen LogP contribution is 2.29. The monoisotopic (exact) mass is 370 g/mol. The van der Waals surface area contributed by atoms with E-state index in [0.29, 0.717) is 0 Å². The van der Waals surface area contributed by atoms with Crippen LogP contribution in [0.15, 0.2) is 46.9 Å². The maximum atomic E-state index is 13.4. The molecule has 0 heterocycles. The molecule has 2 rings (SSSR count). The average Bonchev–Trinajstić information content (AvgIpc) is 2.27. The molecule has 0 nitrogen and oxygen atoms in total. The first-order valence-corrected chi connectivity index (χ1v) is 7.41. The molecule has 0 radical (unpaired) electrons. The molecule has 0 bridgehead atoms. The summed E-state index contributed by atoms with van der Waals surface area (Å²) in [6.07, 6.45) is 0.836. The van der Waals surface area contributed by atoms with Crippen LogP contribution in [0.25, 0.3) is 0 Å². The van der Waals surface area contributed by atoms with Crippen LogP contribution in [0, 0.1) is 12.7 Å². The maximum Gasteiger partial charge on any atom is 0.123 e. The minimum Gasteiger partial charge on any atom is -0.207 e. The van der Waals surface area contributed by atoms with Gasteiger partial charge in [-0.1, -0.05) is 50.1 Å². The van der Waals surface area contributed by atoms with Gasteiger partial charge in [-0.2, -0.15) is 0 Å². The molecule has 0 saturated carbocycles. The van der Waals surface area contributed by atoms with Gasteiger partial charge in [-0.15, -0.1) is 0 Å². The Hall–Kier alpha value is -0.670. The van der Waals surface area contributed by atoms with Crippen molar-refractivity contribution in [3.8, 4) is 0 Å². The van der Waals surface area contributed by atoms with E-state index in [1.165, 1.54) is 5.56 Å². The van der Waals surface area contributed by atoms with Gasteiger partial charge in [-0.05, 0) is 54.3 Å². The van der Waals surface area contributed by atoms with Crippen molar-refractivity contribution >= 4 is 31.9 Å². The minimum absolute atomic E-state index is 0.126. The van der Waals surface area contributed by atoms with E-state index in [0.717, 1.165) is 22.0 Å². The number of hydrogen-bond acceptors (Lipinski definition) is 0. The van der Waals surface area contributed by atoms with Crippen molar-refractivity contribution in [2.45, 2.75) is 18.2 Å². The molecule has 0 saturated heterocycles. The molecule has 0 amide bonds. The molecule has 0 aliphatic carbocycles. The summed E-state index contributed by atoms with van der Waals surface area (Å²) in [4.78, 5) is 0.126. The molecule has 0 aliphatic heterocycles. The first-order chi connectivity index (χ1) is 8.54. The van der Waals surface area contributed by atoms with Gasteiger partial charge in [0, 0.05) is 9.30 Å². The van der Waals surface area contributed by atoms with Crippen molar-refractivity contribution in [2.75, 3.05) is 0 Å². The largest absolute Gasteiger partial charge is 0.207 e. The fourth-order valence-corrected chi connectivity index (χ4v) is 3.02. The molecule has 18 heavy (non-hydrogen) atoms. The fourth-order valence-electron chi connectivity index (χ4n) is 1.93. The van der Waals surface area contributed by atoms with Gasteiger partial charge in [0.05, 0.1) is 0 Å². The summed E-state index contributed by atoms with van der Waals surface area (Å²) in [6, 6.07) is 13.3. The van der Waals surface area contributed by atoms with Gasteiger partial charge in [0.1, 0.15) is 5.82 Å². The van der Waals surface area contributed by atoms with Crippen molar-refractivity contribution in [3.05, 3.63) is 69.4 Å². The van der Waals surface area contributed by atoms with Crippen LogP contribution in [-0.4, -0.2) is 0 Å². The molecule has 0 N–H and O–H groups in total. The second kappa shape index (κ2) is 5.98. The van der Waals surface area contributed by atoms with Gasteiger partial charge in [0.15, 0.2) is 0 Å². The number of hydrogen-bond donors (Lipinski definition) is 0. The van der Waals surface area contributed by atoms with Gasteiger partial charge < -0.3 is 0 Å². The minimum atomic E-state index is -0.177. The Morgan fingerprint density at radius 1 is 1.17 bits per heavy atom. The smallest absolute Gasteiger partial charge is 0.123 e. The Balaban J connectivity index is 2.19. The van der Waals surface area contributed by atoms with E-state index >= 15 is 0 Å².